The van der Waals surface area contributed by atoms with Crippen LogP contribution in [0.2, 0.25) is 0 Å². The minimum absolute atomic E-state index is 0.225. The number of rotatable bonds is 3. The smallest absolute Gasteiger partial charge is 0.252 e. The molecule has 4 nitrogen and oxygen atoms in total. The molecule has 1 aromatic carbocycles. The largest absolute Gasteiger partial charge is 0.343 e. The molecule has 1 aromatic heterocycles. The van der Waals surface area contributed by atoms with E-state index in [1.54, 1.807) is 31.4 Å². The Morgan fingerprint density at radius 2 is 1.91 bits per heavy atom. The lowest BCUT2D eigenvalue weighted by atomic mass is 9.71. The number of nitrogens with one attached hydrogen (secondary N) is 1. The molecule has 22 heavy (non-hydrogen) atoms. The summed E-state index contributed by atoms with van der Waals surface area (Å²) in [5, 5.41) is 3.02. The zero-order chi connectivity index (χ0) is 15.7. The third kappa shape index (κ3) is 2.54. The van der Waals surface area contributed by atoms with E-state index in [2.05, 4.69) is 5.32 Å². The Kier molecular flexibility index (Phi) is 3.56. The van der Waals surface area contributed by atoms with Crippen LogP contribution in [0.15, 0.2) is 47.4 Å². The highest BCUT2D eigenvalue weighted by atomic mass is 19.1. The third-order valence-electron chi connectivity index (χ3n) is 4.32. The van der Waals surface area contributed by atoms with Gasteiger partial charge in [0.05, 0.1) is 5.54 Å². The molecule has 1 saturated carbocycles. The first-order valence-electron chi connectivity index (χ1n) is 7.25. The molecule has 114 valence electrons. The molecular weight excluding hydrogens is 283 g/mol. The number of aryl methyl sites for hydroxylation is 1. The molecule has 1 N–H and O–H groups in total. The number of benzene rings is 1. The third-order valence-corrected chi connectivity index (χ3v) is 4.32. The van der Waals surface area contributed by atoms with Crippen LogP contribution < -0.4 is 10.9 Å². The molecule has 1 aliphatic rings. The lowest BCUT2D eigenvalue weighted by Gasteiger charge is -2.43. The fourth-order valence-electron chi connectivity index (χ4n) is 2.76. The monoisotopic (exact) mass is 300 g/mol. The van der Waals surface area contributed by atoms with E-state index in [-0.39, 0.29) is 17.3 Å². The van der Waals surface area contributed by atoms with Gasteiger partial charge in [0.25, 0.3) is 11.5 Å². The molecule has 0 unspecified atom stereocenters. The van der Waals surface area contributed by atoms with Gasteiger partial charge < -0.3 is 9.88 Å². The van der Waals surface area contributed by atoms with Crippen LogP contribution in [0, 0.1) is 5.82 Å². The van der Waals surface area contributed by atoms with Crippen LogP contribution in [0.3, 0.4) is 0 Å². The van der Waals surface area contributed by atoms with Crippen molar-refractivity contribution in [2.45, 2.75) is 24.8 Å². The maximum absolute atomic E-state index is 13.1. The molecular formula is C17H17FN2O2. The summed E-state index contributed by atoms with van der Waals surface area (Å²) in [5.74, 6) is -0.571. The van der Waals surface area contributed by atoms with Gasteiger partial charge in [-0.15, -0.1) is 0 Å². The maximum atomic E-state index is 13.1. The number of halogens is 1. The number of carbonyl (C=O) groups is 1. The lowest BCUT2D eigenvalue weighted by molar-refractivity contribution is 0.0823. The van der Waals surface area contributed by atoms with E-state index in [9.17, 15) is 14.0 Å². The van der Waals surface area contributed by atoms with E-state index in [0.717, 1.165) is 24.8 Å². The number of aromatic nitrogens is 1. The van der Waals surface area contributed by atoms with Crippen molar-refractivity contribution in [3.05, 3.63) is 69.9 Å². The van der Waals surface area contributed by atoms with Crippen LogP contribution in [0.25, 0.3) is 0 Å². The Balaban J connectivity index is 1.86. The van der Waals surface area contributed by atoms with Gasteiger partial charge in [-0.2, -0.15) is 0 Å². The van der Waals surface area contributed by atoms with Gasteiger partial charge in [-0.1, -0.05) is 12.1 Å². The molecule has 0 spiro atoms. The number of hydrogen-bond donors (Lipinski definition) is 1. The van der Waals surface area contributed by atoms with Crippen LogP contribution in [0.5, 0.6) is 0 Å². The van der Waals surface area contributed by atoms with Crippen molar-refractivity contribution in [3.63, 3.8) is 0 Å². The van der Waals surface area contributed by atoms with Crippen molar-refractivity contribution in [2.24, 2.45) is 7.05 Å². The van der Waals surface area contributed by atoms with Gasteiger partial charge in [0.1, 0.15) is 5.82 Å². The van der Waals surface area contributed by atoms with E-state index < -0.39 is 5.54 Å². The van der Waals surface area contributed by atoms with Crippen molar-refractivity contribution in [1.82, 2.24) is 9.88 Å². The van der Waals surface area contributed by atoms with Gasteiger partial charge in [-0.25, -0.2) is 4.39 Å². The van der Waals surface area contributed by atoms with Gasteiger partial charge in [0, 0.05) is 24.9 Å². The quantitative estimate of drug-likeness (QED) is 0.946. The fraction of sp³-hybridized carbons (Fsp3) is 0.294. The highest BCUT2D eigenvalue weighted by Crippen LogP contribution is 2.41. The molecule has 1 amide bonds. The van der Waals surface area contributed by atoms with Gasteiger partial charge in [-0.3, -0.25) is 9.59 Å². The van der Waals surface area contributed by atoms with Crippen molar-refractivity contribution in [3.8, 4) is 0 Å². The lowest BCUT2D eigenvalue weighted by Crippen LogP contribution is -2.50. The van der Waals surface area contributed by atoms with Crippen molar-refractivity contribution in [2.75, 3.05) is 0 Å². The molecule has 0 radical (unpaired) electrons. The van der Waals surface area contributed by atoms with Crippen LogP contribution >= 0.6 is 0 Å². The SMILES string of the molecule is Cn1ccc(C(=O)NC2(c3ccc(F)cc3)CCC2)cc1=O. The Hall–Kier alpha value is -2.43. The summed E-state index contributed by atoms with van der Waals surface area (Å²) < 4.78 is 14.5. The number of amides is 1. The topological polar surface area (TPSA) is 51.1 Å². The predicted molar refractivity (Wildman–Crippen MR) is 81.1 cm³/mol. The van der Waals surface area contributed by atoms with E-state index in [0.29, 0.717) is 5.56 Å². The normalized spacial score (nSPS) is 15.9. The van der Waals surface area contributed by atoms with E-state index >= 15 is 0 Å². The first kappa shape index (κ1) is 14.5. The fourth-order valence-corrected chi connectivity index (χ4v) is 2.76. The zero-order valence-corrected chi connectivity index (χ0v) is 12.3. The minimum Gasteiger partial charge on any atom is -0.343 e. The molecule has 1 fully saturated rings. The number of hydrogen-bond acceptors (Lipinski definition) is 2. The van der Waals surface area contributed by atoms with Gasteiger partial charge in [0.15, 0.2) is 0 Å². The van der Waals surface area contributed by atoms with Gasteiger partial charge in [0.2, 0.25) is 0 Å². The Morgan fingerprint density at radius 1 is 1.23 bits per heavy atom. The Bertz CT molecular complexity index is 761. The summed E-state index contributed by atoms with van der Waals surface area (Å²) in [4.78, 5) is 24.1. The summed E-state index contributed by atoms with van der Waals surface area (Å²) in [7, 11) is 1.63. The summed E-state index contributed by atoms with van der Waals surface area (Å²) in [5.41, 5.74) is 0.567. The van der Waals surface area contributed by atoms with Gasteiger partial charge in [-0.05, 0) is 43.0 Å². The van der Waals surface area contributed by atoms with Crippen molar-refractivity contribution in [1.29, 1.82) is 0 Å². The second kappa shape index (κ2) is 5.40. The number of pyridine rings is 1. The predicted octanol–water partition coefficient (Wildman–Crippen LogP) is 2.33. The molecule has 1 aliphatic carbocycles. The van der Waals surface area contributed by atoms with E-state index in [4.69, 9.17) is 0 Å². The Morgan fingerprint density at radius 3 is 2.45 bits per heavy atom. The van der Waals surface area contributed by atoms with Crippen molar-refractivity contribution < 1.29 is 9.18 Å². The summed E-state index contributed by atoms with van der Waals surface area (Å²) in [6.07, 6.45) is 4.21. The second-order valence-corrected chi connectivity index (χ2v) is 5.76. The van der Waals surface area contributed by atoms with E-state index in [1.807, 2.05) is 0 Å². The summed E-state index contributed by atoms with van der Waals surface area (Å²) >= 11 is 0. The molecule has 5 heteroatoms. The molecule has 0 aliphatic heterocycles. The molecule has 3 rings (SSSR count). The molecule has 0 saturated heterocycles. The number of carbonyl (C=O) groups excluding carboxylic acids is 1. The summed E-state index contributed by atoms with van der Waals surface area (Å²) in [6, 6.07) is 9.16. The summed E-state index contributed by atoms with van der Waals surface area (Å²) in [6.45, 7) is 0. The molecule has 1 heterocycles. The minimum atomic E-state index is -0.453. The van der Waals surface area contributed by atoms with Crippen LogP contribution in [0.4, 0.5) is 4.39 Å². The first-order chi connectivity index (χ1) is 10.5. The Labute approximate surface area is 127 Å². The van der Waals surface area contributed by atoms with Crippen LogP contribution in [-0.4, -0.2) is 10.5 Å². The highest BCUT2D eigenvalue weighted by molar-refractivity contribution is 5.94. The standard InChI is InChI=1S/C17H17FN2O2/c1-20-10-7-12(11-15(20)21)16(22)19-17(8-2-9-17)13-3-5-14(18)6-4-13/h3-7,10-11H,2,8-9H2,1H3,(H,19,22). The molecule has 0 bridgehead atoms. The average molecular weight is 300 g/mol. The molecule has 2 aromatic rings. The maximum Gasteiger partial charge on any atom is 0.252 e. The van der Waals surface area contributed by atoms with Gasteiger partial charge >= 0.3 is 0 Å². The average Bonchev–Trinajstić information content (AvgIpc) is 2.46. The molecule has 0 atom stereocenters. The van der Waals surface area contributed by atoms with Crippen molar-refractivity contribution >= 4 is 5.91 Å². The zero-order valence-electron chi connectivity index (χ0n) is 12.3. The highest BCUT2D eigenvalue weighted by Gasteiger charge is 2.40. The number of nitrogens with zero attached hydrogens (tertiary/aromatic N) is 1. The van der Waals surface area contributed by atoms with E-state index in [1.165, 1.54) is 22.8 Å². The van der Waals surface area contributed by atoms with Crippen LogP contribution in [0.1, 0.15) is 35.2 Å². The first-order valence-corrected chi connectivity index (χ1v) is 7.25. The van der Waals surface area contributed by atoms with Crippen LogP contribution in [-0.2, 0) is 12.6 Å². The second-order valence-electron chi connectivity index (χ2n) is 5.76.